The number of rotatable bonds is 6. The summed E-state index contributed by atoms with van der Waals surface area (Å²) in [4.78, 5) is 27.4. The molecule has 1 unspecified atom stereocenters. The van der Waals surface area contributed by atoms with Crippen molar-refractivity contribution in [2.45, 2.75) is 6.04 Å². The van der Waals surface area contributed by atoms with Crippen molar-refractivity contribution < 1.29 is 14.5 Å². The number of amides is 1. The second kappa shape index (κ2) is 8.09. The van der Waals surface area contributed by atoms with E-state index in [1.807, 2.05) is 42.5 Å². The van der Waals surface area contributed by atoms with Crippen LogP contribution in [0.25, 0.3) is 0 Å². The van der Waals surface area contributed by atoms with Gasteiger partial charge in [0.05, 0.1) is 18.1 Å². The summed E-state index contributed by atoms with van der Waals surface area (Å²) in [6.07, 6.45) is 3.30. The van der Waals surface area contributed by atoms with Crippen LogP contribution in [0.3, 0.4) is 0 Å². The predicted octanol–water partition coefficient (Wildman–Crippen LogP) is 3.52. The van der Waals surface area contributed by atoms with E-state index in [1.54, 1.807) is 12.4 Å². The van der Waals surface area contributed by atoms with Crippen LogP contribution in [0.1, 0.15) is 27.5 Å². The lowest BCUT2D eigenvalue weighted by atomic mass is 9.99. The molecule has 3 aromatic rings. The van der Waals surface area contributed by atoms with Crippen molar-refractivity contribution in [3.63, 3.8) is 0 Å². The average molecular weight is 363 g/mol. The summed E-state index contributed by atoms with van der Waals surface area (Å²) < 4.78 is 4.98. The van der Waals surface area contributed by atoms with Crippen molar-refractivity contribution in [1.29, 1.82) is 0 Å². The van der Waals surface area contributed by atoms with Crippen LogP contribution in [0.15, 0.2) is 73.1 Å². The highest BCUT2D eigenvalue weighted by molar-refractivity contribution is 5.95. The van der Waals surface area contributed by atoms with Crippen molar-refractivity contribution >= 4 is 11.6 Å². The quantitative estimate of drug-likeness (QED) is 0.534. The Hall–Kier alpha value is -3.74. The Balaban J connectivity index is 1.94. The van der Waals surface area contributed by atoms with Gasteiger partial charge < -0.3 is 10.1 Å². The van der Waals surface area contributed by atoms with Crippen molar-refractivity contribution in [3.8, 4) is 5.75 Å². The number of carbonyl (C=O) groups is 1. The van der Waals surface area contributed by atoms with Gasteiger partial charge in [0.25, 0.3) is 5.91 Å². The smallest absolute Gasteiger partial charge is 0.311 e. The minimum atomic E-state index is -0.576. The van der Waals surface area contributed by atoms with Gasteiger partial charge >= 0.3 is 5.69 Å². The van der Waals surface area contributed by atoms with Crippen LogP contribution in [0.5, 0.6) is 5.75 Å². The minimum absolute atomic E-state index is 0.102. The number of hydrogen-bond donors (Lipinski definition) is 1. The second-order valence-electron chi connectivity index (χ2n) is 5.74. The molecule has 1 N–H and O–H groups in total. The first kappa shape index (κ1) is 18.1. The summed E-state index contributed by atoms with van der Waals surface area (Å²) in [6.45, 7) is 0. The Morgan fingerprint density at radius 2 is 1.74 bits per heavy atom. The van der Waals surface area contributed by atoms with Crippen LogP contribution < -0.4 is 10.1 Å². The summed E-state index contributed by atoms with van der Waals surface area (Å²) in [5.41, 5.74) is 1.66. The highest BCUT2D eigenvalue weighted by Crippen LogP contribution is 2.28. The maximum absolute atomic E-state index is 12.8. The standard InChI is InChI=1S/C20H17N3O4/c1-27-18-8-7-16(13-17(18)23(25)26)20(24)22-19(14-5-3-2-4-6-14)15-9-11-21-12-10-15/h2-13,19H,1H3,(H,22,24). The zero-order valence-corrected chi connectivity index (χ0v) is 14.5. The fraction of sp³-hybridized carbons (Fsp3) is 0.100. The molecule has 1 amide bonds. The zero-order valence-electron chi connectivity index (χ0n) is 14.5. The van der Waals surface area contributed by atoms with Gasteiger partial charge in [0.2, 0.25) is 0 Å². The molecule has 0 bridgehead atoms. The van der Waals surface area contributed by atoms with E-state index in [0.29, 0.717) is 0 Å². The van der Waals surface area contributed by atoms with Crippen LogP contribution in [-0.2, 0) is 0 Å². The molecule has 27 heavy (non-hydrogen) atoms. The van der Waals surface area contributed by atoms with Gasteiger partial charge in [-0.2, -0.15) is 0 Å². The van der Waals surface area contributed by atoms with Gasteiger partial charge in [-0.3, -0.25) is 19.9 Å². The summed E-state index contributed by atoms with van der Waals surface area (Å²) in [5, 5.41) is 14.1. The van der Waals surface area contributed by atoms with Crippen molar-refractivity contribution in [3.05, 3.63) is 99.9 Å². The molecule has 7 heteroatoms. The first-order valence-corrected chi connectivity index (χ1v) is 8.18. The van der Waals surface area contributed by atoms with Crippen LogP contribution >= 0.6 is 0 Å². The number of benzene rings is 2. The van der Waals surface area contributed by atoms with E-state index in [1.165, 1.54) is 25.3 Å². The lowest BCUT2D eigenvalue weighted by molar-refractivity contribution is -0.385. The Kier molecular flexibility index (Phi) is 5.41. The van der Waals surface area contributed by atoms with E-state index >= 15 is 0 Å². The van der Waals surface area contributed by atoms with Crippen LogP contribution in [-0.4, -0.2) is 22.9 Å². The molecule has 0 aliphatic heterocycles. The molecule has 1 atom stereocenters. The Labute approximate surface area is 155 Å². The van der Waals surface area contributed by atoms with E-state index in [-0.39, 0.29) is 17.0 Å². The fourth-order valence-electron chi connectivity index (χ4n) is 2.75. The zero-order chi connectivity index (χ0) is 19.2. The van der Waals surface area contributed by atoms with Gasteiger partial charge in [-0.25, -0.2) is 0 Å². The van der Waals surface area contributed by atoms with Crippen LogP contribution in [0, 0.1) is 10.1 Å². The normalized spacial score (nSPS) is 11.4. The van der Waals surface area contributed by atoms with Crippen molar-refractivity contribution in [2.24, 2.45) is 0 Å². The number of ether oxygens (including phenoxy) is 1. The number of nitro benzene ring substituents is 1. The summed E-state index contributed by atoms with van der Waals surface area (Å²) in [6, 6.07) is 16.8. The third-order valence-electron chi connectivity index (χ3n) is 4.09. The molecule has 0 aliphatic carbocycles. The number of hydrogen-bond acceptors (Lipinski definition) is 5. The lowest BCUT2D eigenvalue weighted by Crippen LogP contribution is -2.29. The largest absolute Gasteiger partial charge is 0.490 e. The average Bonchev–Trinajstić information content (AvgIpc) is 2.72. The Bertz CT molecular complexity index is 906. The summed E-state index contributed by atoms with van der Waals surface area (Å²) in [5.74, 6) is -0.322. The first-order chi connectivity index (χ1) is 13.1. The monoisotopic (exact) mass is 363 g/mol. The number of pyridine rings is 1. The highest BCUT2D eigenvalue weighted by atomic mass is 16.6. The molecule has 0 saturated carbocycles. The second-order valence-corrected chi connectivity index (χ2v) is 5.74. The summed E-state index contributed by atoms with van der Waals surface area (Å²) >= 11 is 0. The maximum atomic E-state index is 12.8. The lowest BCUT2D eigenvalue weighted by Gasteiger charge is -2.20. The molecule has 0 fully saturated rings. The minimum Gasteiger partial charge on any atom is -0.490 e. The van der Waals surface area contributed by atoms with E-state index in [4.69, 9.17) is 4.74 Å². The van der Waals surface area contributed by atoms with Gasteiger partial charge in [-0.05, 0) is 35.4 Å². The van der Waals surface area contributed by atoms with Gasteiger partial charge in [-0.15, -0.1) is 0 Å². The molecule has 1 aromatic heterocycles. The van der Waals surface area contributed by atoms with Crippen molar-refractivity contribution in [2.75, 3.05) is 7.11 Å². The number of methoxy groups -OCH3 is 1. The van der Waals surface area contributed by atoms with Gasteiger partial charge in [0.1, 0.15) is 0 Å². The van der Waals surface area contributed by atoms with Crippen LogP contribution in [0.4, 0.5) is 5.69 Å². The van der Waals surface area contributed by atoms with Gasteiger partial charge in [-0.1, -0.05) is 30.3 Å². The first-order valence-electron chi connectivity index (χ1n) is 8.18. The molecule has 0 saturated heterocycles. The number of aromatic nitrogens is 1. The Morgan fingerprint density at radius 3 is 2.37 bits per heavy atom. The molecule has 2 aromatic carbocycles. The molecule has 7 nitrogen and oxygen atoms in total. The topological polar surface area (TPSA) is 94.4 Å². The molecule has 3 rings (SSSR count). The molecule has 1 heterocycles. The van der Waals surface area contributed by atoms with Crippen molar-refractivity contribution in [1.82, 2.24) is 10.3 Å². The fourth-order valence-corrected chi connectivity index (χ4v) is 2.75. The highest BCUT2D eigenvalue weighted by Gasteiger charge is 2.21. The third kappa shape index (κ3) is 4.09. The SMILES string of the molecule is COc1ccc(C(=O)NC(c2ccccc2)c2ccncc2)cc1[N+](=O)[O-]. The summed E-state index contributed by atoms with van der Waals surface area (Å²) in [7, 11) is 1.34. The number of carbonyl (C=O) groups excluding carboxylic acids is 1. The number of nitro groups is 1. The molecule has 0 radical (unpaired) electrons. The van der Waals surface area contributed by atoms with Crippen LogP contribution in [0.2, 0.25) is 0 Å². The molecule has 0 spiro atoms. The van der Waals surface area contributed by atoms with E-state index in [2.05, 4.69) is 10.3 Å². The molecular weight excluding hydrogens is 346 g/mol. The number of nitrogens with one attached hydrogen (secondary N) is 1. The number of nitrogens with zero attached hydrogens (tertiary/aromatic N) is 2. The van der Waals surface area contributed by atoms with Gasteiger partial charge in [0.15, 0.2) is 5.75 Å². The van der Waals surface area contributed by atoms with E-state index < -0.39 is 16.9 Å². The molecule has 136 valence electrons. The predicted molar refractivity (Wildman–Crippen MR) is 99.6 cm³/mol. The van der Waals surface area contributed by atoms with E-state index in [0.717, 1.165) is 11.1 Å². The third-order valence-corrected chi connectivity index (χ3v) is 4.09. The molecule has 0 aliphatic rings. The maximum Gasteiger partial charge on any atom is 0.311 e. The van der Waals surface area contributed by atoms with Gasteiger partial charge in [0, 0.05) is 24.0 Å². The Morgan fingerprint density at radius 1 is 1.07 bits per heavy atom. The van der Waals surface area contributed by atoms with E-state index in [9.17, 15) is 14.9 Å². The molecular formula is C20H17N3O4.